The lowest BCUT2D eigenvalue weighted by Crippen LogP contribution is -2.48. The number of allylic oxidation sites excluding steroid dienone is 1. The number of β-amino-alcohol motifs (C(OH)–C–C–N with tert-alkyl or cyclic N) is 1. The standard InChI is InChI=1S/C19H29NO3/c1-4-7-17-8-5-6-9-18(17)13-22-14-19(21)12-20-10-15(2)23-16(3)11-20/h4-6,8-9,15-16,19,21H,1,7,10-14H2,2-3H3/t15-,16-,19+/m1/s1. The molecule has 0 saturated carbocycles. The van der Waals surface area contributed by atoms with Gasteiger partial charge in [-0.15, -0.1) is 6.58 Å². The fourth-order valence-electron chi connectivity index (χ4n) is 3.14. The quantitative estimate of drug-likeness (QED) is 0.747. The highest BCUT2D eigenvalue weighted by Gasteiger charge is 2.23. The summed E-state index contributed by atoms with van der Waals surface area (Å²) in [6.07, 6.45) is 2.70. The predicted octanol–water partition coefficient (Wildman–Crippen LogP) is 2.40. The van der Waals surface area contributed by atoms with Crippen molar-refractivity contribution >= 4 is 0 Å². The van der Waals surface area contributed by atoms with Gasteiger partial charge in [-0.05, 0) is 31.4 Å². The molecule has 23 heavy (non-hydrogen) atoms. The molecule has 1 aliphatic rings. The molecular formula is C19H29NO3. The molecule has 4 heteroatoms. The smallest absolute Gasteiger partial charge is 0.0900 e. The summed E-state index contributed by atoms with van der Waals surface area (Å²) in [4.78, 5) is 2.25. The zero-order valence-corrected chi connectivity index (χ0v) is 14.3. The Labute approximate surface area is 139 Å². The molecular weight excluding hydrogens is 290 g/mol. The Morgan fingerprint density at radius 2 is 1.96 bits per heavy atom. The van der Waals surface area contributed by atoms with Crippen molar-refractivity contribution in [1.82, 2.24) is 4.90 Å². The van der Waals surface area contributed by atoms with Crippen LogP contribution in [-0.4, -0.2) is 54.6 Å². The molecule has 1 aromatic rings. The van der Waals surface area contributed by atoms with Crippen LogP contribution in [0.4, 0.5) is 0 Å². The number of ether oxygens (including phenoxy) is 2. The van der Waals surface area contributed by atoms with E-state index in [1.54, 1.807) is 0 Å². The largest absolute Gasteiger partial charge is 0.389 e. The van der Waals surface area contributed by atoms with Crippen molar-refractivity contribution in [2.75, 3.05) is 26.2 Å². The van der Waals surface area contributed by atoms with Gasteiger partial charge < -0.3 is 14.6 Å². The van der Waals surface area contributed by atoms with Crippen LogP contribution >= 0.6 is 0 Å². The van der Waals surface area contributed by atoms with Gasteiger partial charge in [-0.2, -0.15) is 0 Å². The van der Waals surface area contributed by atoms with E-state index < -0.39 is 6.10 Å². The molecule has 0 bridgehead atoms. The molecule has 0 aliphatic carbocycles. The van der Waals surface area contributed by atoms with Gasteiger partial charge in [-0.1, -0.05) is 30.3 Å². The third-order valence-electron chi connectivity index (χ3n) is 4.01. The molecule has 3 atom stereocenters. The molecule has 128 valence electrons. The van der Waals surface area contributed by atoms with E-state index in [4.69, 9.17) is 9.47 Å². The number of nitrogens with zero attached hydrogens (tertiary/aromatic N) is 1. The summed E-state index contributed by atoms with van der Waals surface area (Å²) >= 11 is 0. The number of hydrogen-bond donors (Lipinski definition) is 1. The Bertz CT molecular complexity index is 481. The SMILES string of the molecule is C=CCc1ccccc1COC[C@@H](O)CN1C[C@@H](C)O[C@H](C)C1. The monoisotopic (exact) mass is 319 g/mol. The summed E-state index contributed by atoms with van der Waals surface area (Å²) < 4.78 is 11.4. The van der Waals surface area contributed by atoms with Crippen LogP contribution in [0.15, 0.2) is 36.9 Å². The molecule has 0 spiro atoms. The third-order valence-corrected chi connectivity index (χ3v) is 4.01. The van der Waals surface area contributed by atoms with Crippen LogP contribution in [0.25, 0.3) is 0 Å². The normalized spacial score (nSPS) is 23.6. The van der Waals surface area contributed by atoms with Crippen LogP contribution in [0.1, 0.15) is 25.0 Å². The van der Waals surface area contributed by atoms with Gasteiger partial charge in [0.2, 0.25) is 0 Å². The second-order valence-corrected chi connectivity index (χ2v) is 6.41. The van der Waals surface area contributed by atoms with Crippen LogP contribution in [0.5, 0.6) is 0 Å². The van der Waals surface area contributed by atoms with Crippen molar-refractivity contribution < 1.29 is 14.6 Å². The van der Waals surface area contributed by atoms with E-state index >= 15 is 0 Å². The summed E-state index contributed by atoms with van der Waals surface area (Å²) in [5.41, 5.74) is 2.39. The zero-order valence-electron chi connectivity index (χ0n) is 14.3. The third kappa shape index (κ3) is 6.07. The molecule has 1 N–H and O–H groups in total. The minimum absolute atomic E-state index is 0.220. The number of aliphatic hydroxyl groups excluding tert-OH is 1. The fraction of sp³-hybridized carbons (Fsp3) is 0.579. The molecule has 1 heterocycles. The van der Waals surface area contributed by atoms with E-state index in [0.29, 0.717) is 19.8 Å². The number of benzene rings is 1. The molecule has 4 nitrogen and oxygen atoms in total. The highest BCUT2D eigenvalue weighted by Crippen LogP contribution is 2.13. The van der Waals surface area contributed by atoms with E-state index in [-0.39, 0.29) is 12.2 Å². The lowest BCUT2D eigenvalue weighted by atomic mass is 10.1. The molecule has 0 aromatic heterocycles. The zero-order chi connectivity index (χ0) is 16.7. The molecule has 1 saturated heterocycles. The summed E-state index contributed by atoms with van der Waals surface area (Å²) in [6.45, 7) is 11.2. The number of rotatable bonds is 8. The van der Waals surface area contributed by atoms with Gasteiger partial charge in [0.05, 0.1) is 31.5 Å². The van der Waals surface area contributed by atoms with E-state index in [1.807, 2.05) is 18.2 Å². The summed E-state index contributed by atoms with van der Waals surface area (Å²) in [5.74, 6) is 0. The van der Waals surface area contributed by atoms with E-state index in [0.717, 1.165) is 25.1 Å². The molecule has 1 aliphatic heterocycles. The topological polar surface area (TPSA) is 41.9 Å². The molecule has 1 fully saturated rings. The van der Waals surface area contributed by atoms with Gasteiger partial charge in [-0.3, -0.25) is 4.90 Å². The number of hydrogen-bond acceptors (Lipinski definition) is 4. The average Bonchev–Trinajstić information content (AvgIpc) is 2.48. The predicted molar refractivity (Wildman–Crippen MR) is 92.5 cm³/mol. The van der Waals surface area contributed by atoms with Crippen molar-refractivity contribution in [1.29, 1.82) is 0 Å². The van der Waals surface area contributed by atoms with E-state index in [2.05, 4.69) is 37.5 Å². The van der Waals surface area contributed by atoms with Crippen molar-refractivity contribution in [3.8, 4) is 0 Å². The summed E-state index contributed by atoms with van der Waals surface area (Å²) in [7, 11) is 0. The van der Waals surface area contributed by atoms with Crippen molar-refractivity contribution in [2.24, 2.45) is 0 Å². The minimum atomic E-state index is -0.473. The van der Waals surface area contributed by atoms with Crippen LogP contribution in [-0.2, 0) is 22.5 Å². The number of aliphatic hydroxyl groups is 1. The molecule has 2 rings (SSSR count). The molecule has 0 amide bonds. The molecule has 1 aromatic carbocycles. The summed E-state index contributed by atoms with van der Waals surface area (Å²) in [6, 6.07) is 8.19. The van der Waals surface area contributed by atoms with Gasteiger partial charge in [0.1, 0.15) is 0 Å². The Balaban J connectivity index is 1.74. The Kier molecular flexibility index (Phi) is 7.24. The maximum Gasteiger partial charge on any atom is 0.0900 e. The second kappa shape index (κ2) is 9.18. The van der Waals surface area contributed by atoms with Crippen LogP contribution in [0, 0.1) is 0 Å². The van der Waals surface area contributed by atoms with E-state index in [9.17, 15) is 5.11 Å². The highest BCUT2D eigenvalue weighted by molar-refractivity contribution is 5.28. The van der Waals surface area contributed by atoms with Crippen molar-refractivity contribution in [3.05, 3.63) is 48.0 Å². The second-order valence-electron chi connectivity index (χ2n) is 6.41. The first-order valence-corrected chi connectivity index (χ1v) is 8.39. The van der Waals surface area contributed by atoms with Crippen molar-refractivity contribution in [3.63, 3.8) is 0 Å². The van der Waals surface area contributed by atoms with Crippen LogP contribution < -0.4 is 0 Å². The van der Waals surface area contributed by atoms with Gasteiger partial charge in [0.25, 0.3) is 0 Å². The summed E-state index contributed by atoms with van der Waals surface area (Å²) in [5, 5.41) is 10.2. The highest BCUT2D eigenvalue weighted by atomic mass is 16.5. The first-order chi connectivity index (χ1) is 11.1. The van der Waals surface area contributed by atoms with Crippen LogP contribution in [0.3, 0.4) is 0 Å². The first kappa shape index (κ1) is 18.1. The van der Waals surface area contributed by atoms with Gasteiger partial charge in [0.15, 0.2) is 0 Å². The first-order valence-electron chi connectivity index (χ1n) is 8.39. The molecule has 0 radical (unpaired) electrons. The van der Waals surface area contributed by atoms with Gasteiger partial charge >= 0.3 is 0 Å². The maximum atomic E-state index is 10.2. The van der Waals surface area contributed by atoms with Gasteiger partial charge in [0, 0.05) is 19.6 Å². The van der Waals surface area contributed by atoms with Crippen molar-refractivity contribution in [2.45, 2.75) is 45.2 Å². The van der Waals surface area contributed by atoms with Gasteiger partial charge in [-0.25, -0.2) is 0 Å². The lowest BCUT2D eigenvalue weighted by Gasteiger charge is -2.36. The maximum absolute atomic E-state index is 10.2. The Morgan fingerprint density at radius 3 is 2.61 bits per heavy atom. The fourth-order valence-corrected chi connectivity index (χ4v) is 3.14. The van der Waals surface area contributed by atoms with E-state index in [1.165, 1.54) is 5.56 Å². The molecule has 0 unspecified atom stereocenters. The average molecular weight is 319 g/mol. The Hall–Kier alpha value is -1.20. The Morgan fingerprint density at radius 1 is 1.30 bits per heavy atom. The lowest BCUT2D eigenvalue weighted by molar-refractivity contribution is -0.0826. The number of morpholine rings is 1. The van der Waals surface area contributed by atoms with Crippen LogP contribution in [0.2, 0.25) is 0 Å². The minimum Gasteiger partial charge on any atom is -0.389 e.